The Morgan fingerprint density at radius 3 is 2.44 bits per heavy atom. The summed E-state index contributed by atoms with van der Waals surface area (Å²) in [5.74, 6) is 0.733. The van der Waals surface area contributed by atoms with Crippen molar-refractivity contribution in [3.63, 3.8) is 0 Å². The standard InChI is InChI=1S/C11H22N4O2S/c1-8(2)11(4,7-12)14-18(16,17)10-6-15(5)9(3)13-10/h6,8,14H,7,12H2,1-5H3. The van der Waals surface area contributed by atoms with Gasteiger partial charge in [-0.05, 0) is 19.8 Å². The summed E-state index contributed by atoms with van der Waals surface area (Å²) < 4.78 is 28.8. The molecule has 1 heterocycles. The molecule has 1 aromatic heterocycles. The quantitative estimate of drug-likeness (QED) is 0.812. The third-order valence-corrected chi connectivity index (χ3v) is 4.91. The van der Waals surface area contributed by atoms with Gasteiger partial charge in [0, 0.05) is 25.3 Å². The summed E-state index contributed by atoms with van der Waals surface area (Å²) in [5, 5.41) is 0.0304. The highest BCUT2D eigenvalue weighted by Crippen LogP contribution is 2.19. The highest BCUT2D eigenvalue weighted by atomic mass is 32.2. The predicted molar refractivity (Wildman–Crippen MR) is 70.6 cm³/mol. The van der Waals surface area contributed by atoms with E-state index in [2.05, 4.69) is 9.71 Å². The smallest absolute Gasteiger partial charge is 0.260 e. The molecule has 1 rings (SSSR count). The van der Waals surface area contributed by atoms with Crippen molar-refractivity contribution in [2.45, 2.75) is 38.3 Å². The minimum atomic E-state index is -3.64. The lowest BCUT2D eigenvalue weighted by atomic mass is 9.90. The summed E-state index contributed by atoms with van der Waals surface area (Å²) in [4.78, 5) is 4.03. The first-order chi connectivity index (χ1) is 8.12. The SMILES string of the molecule is Cc1nc(S(=O)(=O)NC(C)(CN)C(C)C)cn1C. The zero-order valence-corrected chi connectivity index (χ0v) is 12.4. The maximum Gasteiger partial charge on any atom is 0.260 e. The number of aromatic nitrogens is 2. The van der Waals surface area contributed by atoms with Crippen LogP contribution < -0.4 is 10.5 Å². The molecule has 0 bridgehead atoms. The number of nitrogens with two attached hydrogens (primary N) is 1. The molecule has 0 saturated carbocycles. The molecule has 18 heavy (non-hydrogen) atoms. The van der Waals surface area contributed by atoms with Gasteiger partial charge in [-0.15, -0.1) is 0 Å². The van der Waals surface area contributed by atoms with Crippen LogP contribution in [0.15, 0.2) is 11.2 Å². The first-order valence-corrected chi connectivity index (χ1v) is 7.34. The fourth-order valence-corrected chi connectivity index (χ4v) is 3.00. The molecule has 1 atom stereocenters. The van der Waals surface area contributed by atoms with Crippen molar-refractivity contribution in [3.8, 4) is 0 Å². The van der Waals surface area contributed by atoms with E-state index in [1.807, 2.05) is 13.8 Å². The van der Waals surface area contributed by atoms with E-state index in [0.29, 0.717) is 5.82 Å². The molecular weight excluding hydrogens is 252 g/mol. The lowest BCUT2D eigenvalue weighted by Gasteiger charge is -2.32. The van der Waals surface area contributed by atoms with Crippen molar-refractivity contribution in [1.82, 2.24) is 14.3 Å². The Balaban J connectivity index is 3.09. The Kier molecular flexibility index (Phi) is 4.19. The second-order valence-electron chi connectivity index (χ2n) is 5.12. The van der Waals surface area contributed by atoms with Crippen molar-refractivity contribution in [2.24, 2.45) is 18.7 Å². The summed E-state index contributed by atoms with van der Waals surface area (Å²) in [6.45, 7) is 7.64. The van der Waals surface area contributed by atoms with Gasteiger partial charge in [0.05, 0.1) is 0 Å². The number of hydrogen-bond acceptors (Lipinski definition) is 4. The van der Waals surface area contributed by atoms with Gasteiger partial charge in [-0.2, -0.15) is 0 Å². The third-order valence-electron chi connectivity index (χ3n) is 3.43. The lowest BCUT2D eigenvalue weighted by molar-refractivity contribution is 0.314. The number of imidazole rings is 1. The zero-order valence-electron chi connectivity index (χ0n) is 11.6. The van der Waals surface area contributed by atoms with Crippen LogP contribution in [-0.2, 0) is 17.1 Å². The number of sulfonamides is 1. The molecule has 0 aliphatic rings. The monoisotopic (exact) mass is 274 g/mol. The first kappa shape index (κ1) is 15.1. The van der Waals surface area contributed by atoms with Crippen LogP contribution in [0.4, 0.5) is 0 Å². The number of aryl methyl sites for hydroxylation is 2. The van der Waals surface area contributed by atoms with Crippen LogP contribution in [0.5, 0.6) is 0 Å². The Labute approximate surface area is 109 Å². The van der Waals surface area contributed by atoms with Crippen LogP contribution in [0.3, 0.4) is 0 Å². The van der Waals surface area contributed by atoms with E-state index < -0.39 is 15.6 Å². The zero-order chi connectivity index (χ0) is 14.1. The van der Waals surface area contributed by atoms with Gasteiger partial charge in [0.2, 0.25) is 0 Å². The Morgan fingerprint density at radius 2 is 2.11 bits per heavy atom. The maximum atomic E-state index is 12.2. The molecule has 0 spiro atoms. The Bertz CT molecular complexity index is 502. The van der Waals surface area contributed by atoms with Gasteiger partial charge < -0.3 is 10.3 Å². The first-order valence-electron chi connectivity index (χ1n) is 5.86. The topological polar surface area (TPSA) is 90.0 Å². The van der Waals surface area contributed by atoms with E-state index in [-0.39, 0.29) is 17.5 Å². The molecule has 0 aliphatic carbocycles. The summed E-state index contributed by atoms with van der Waals surface area (Å²) in [7, 11) is -1.88. The number of nitrogens with zero attached hydrogens (tertiary/aromatic N) is 2. The fourth-order valence-electron chi connectivity index (χ4n) is 1.41. The third kappa shape index (κ3) is 2.90. The second kappa shape index (κ2) is 4.99. The lowest BCUT2D eigenvalue weighted by Crippen LogP contribution is -2.54. The molecule has 0 saturated heterocycles. The van der Waals surface area contributed by atoms with E-state index in [1.54, 1.807) is 25.5 Å². The molecule has 0 aliphatic heterocycles. The van der Waals surface area contributed by atoms with E-state index in [0.717, 1.165) is 0 Å². The van der Waals surface area contributed by atoms with Crippen LogP contribution in [0.25, 0.3) is 0 Å². The Hall–Kier alpha value is -0.920. The normalized spacial score (nSPS) is 15.9. The number of rotatable bonds is 5. The molecule has 7 heteroatoms. The molecule has 104 valence electrons. The van der Waals surface area contributed by atoms with Crippen molar-refractivity contribution in [3.05, 3.63) is 12.0 Å². The molecule has 1 unspecified atom stereocenters. The summed E-state index contributed by atoms with van der Waals surface area (Å²) in [5.41, 5.74) is 5.00. The molecule has 1 aromatic rings. The van der Waals surface area contributed by atoms with Crippen molar-refractivity contribution in [2.75, 3.05) is 6.54 Å². The van der Waals surface area contributed by atoms with Gasteiger partial charge in [0.25, 0.3) is 10.0 Å². The van der Waals surface area contributed by atoms with Crippen LogP contribution in [0.1, 0.15) is 26.6 Å². The number of hydrogen-bond donors (Lipinski definition) is 2. The van der Waals surface area contributed by atoms with E-state index in [4.69, 9.17) is 5.73 Å². The van der Waals surface area contributed by atoms with Crippen LogP contribution in [0, 0.1) is 12.8 Å². The van der Waals surface area contributed by atoms with Crippen molar-refractivity contribution in [1.29, 1.82) is 0 Å². The summed E-state index contributed by atoms with van der Waals surface area (Å²) in [6, 6.07) is 0. The van der Waals surface area contributed by atoms with Crippen molar-refractivity contribution < 1.29 is 8.42 Å². The van der Waals surface area contributed by atoms with Crippen molar-refractivity contribution >= 4 is 10.0 Å². The van der Waals surface area contributed by atoms with Crippen LogP contribution >= 0.6 is 0 Å². The van der Waals surface area contributed by atoms with Crippen LogP contribution in [0.2, 0.25) is 0 Å². The largest absolute Gasteiger partial charge is 0.337 e. The summed E-state index contributed by atoms with van der Waals surface area (Å²) in [6.07, 6.45) is 1.49. The van der Waals surface area contributed by atoms with Gasteiger partial charge in [-0.25, -0.2) is 18.1 Å². The molecule has 3 N–H and O–H groups in total. The molecule has 0 fully saturated rings. The number of nitrogens with one attached hydrogen (secondary N) is 1. The average molecular weight is 274 g/mol. The molecular formula is C11H22N4O2S. The fraction of sp³-hybridized carbons (Fsp3) is 0.727. The maximum absolute atomic E-state index is 12.2. The molecule has 0 amide bonds. The average Bonchev–Trinajstić information content (AvgIpc) is 2.59. The molecule has 0 aromatic carbocycles. The van der Waals surface area contributed by atoms with Gasteiger partial charge >= 0.3 is 0 Å². The van der Waals surface area contributed by atoms with Gasteiger partial charge in [0.1, 0.15) is 5.82 Å². The van der Waals surface area contributed by atoms with E-state index >= 15 is 0 Å². The van der Waals surface area contributed by atoms with E-state index in [1.165, 1.54) is 6.20 Å². The van der Waals surface area contributed by atoms with Gasteiger partial charge in [-0.1, -0.05) is 13.8 Å². The minimum absolute atomic E-state index is 0.0304. The second-order valence-corrected chi connectivity index (χ2v) is 6.75. The highest BCUT2D eigenvalue weighted by molar-refractivity contribution is 7.89. The van der Waals surface area contributed by atoms with Gasteiger partial charge in [-0.3, -0.25) is 0 Å². The predicted octanol–water partition coefficient (Wildman–Crippen LogP) is 0.380. The molecule has 0 radical (unpaired) electrons. The minimum Gasteiger partial charge on any atom is -0.337 e. The van der Waals surface area contributed by atoms with E-state index in [9.17, 15) is 8.42 Å². The highest BCUT2D eigenvalue weighted by Gasteiger charge is 2.33. The van der Waals surface area contributed by atoms with Gasteiger partial charge in [0.15, 0.2) is 5.03 Å². The summed E-state index contributed by atoms with van der Waals surface area (Å²) >= 11 is 0. The molecule has 6 nitrogen and oxygen atoms in total. The Morgan fingerprint density at radius 1 is 1.56 bits per heavy atom. The van der Waals surface area contributed by atoms with Crippen LogP contribution in [-0.4, -0.2) is 30.1 Å².